The molecule has 2 heterocycles. The molecule has 4 unspecified atom stereocenters. The van der Waals surface area contributed by atoms with E-state index in [2.05, 4.69) is 17.1 Å². The number of nitrogens with one attached hydrogen (secondary N) is 1. The van der Waals surface area contributed by atoms with Gasteiger partial charge in [0.1, 0.15) is 0 Å². The summed E-state index contributed by atoms with van der Waals surface area (Å²) in [7, 11) is 0. The van der Waals surface area contributed by atoms with Crippen molar-refractivity contribution < 1.29 is 14.9 Å². The summed E-state index contributed by atoms with van der Waals surface area (Å²) < 4.78 is 5.53. The summed E-state index contributed by atoms with van der Waals surface area (Å²) in [5, 5.41) is 22.6. The first-order chi connectivity index (χ1) is 8.20. The van der Waals surface area contributed by atoms with E-state index in [-0.39, 0.29) is 0 Å². The Kier molecular flexibility index (Phi) is 4.76. The van der Waals surface area contributed by atoms with Crippen LogP contribution in [0.3, 0.4) is 0 Å². The number of β-amino-alcohol motifs (C(OH)–C–C–N with tert-alkyl or cyclic N) is 2. The van der Waals surface area contributed by atoms with Gasteiger partial charge in [-0.25, -0.2) is 0 Å². The largest absolute Gasteiger partial charge is 0.389 e. The van der Waals surface area contributed by atoms with Gasteiger partial charge in [-0.1, -0.05) is 6.92 Å². The molecule has 0 aliphatic carbocycles. The molecule has 0 radical (unpaired) electrons. The third-order valence-corrected chi connectivity index (χ3v) is 3.77. The maximum Gasteiger partial charge on any atom is 0.0938 e. The van der Waals surface area contributed by atoms with Gasteiger partial charge in [-0.05, 0) is 13.0 Å². The minimum absolute atomic E-state index is 0.459. The minimum Gasteiger partial charge on any atom is -0.389 e. The molecule has 0 saturated carbocycles. The van der Waals surface area contributed by atoms with E-state index in [1.54, 1.807) is 0 Å². The van der Waals surface area contributed by atoms with Crippen molar-refractivity contribution in [1.82, 2.24) is 10.2 Å². The fraction of sp³-hybridized carbons (Fsp3) is 1.00. The van der Waals surface area contributed by atoms with Crippen molar-refractivity contribution in [2.75, 3.05) is 39.4 Å². The van der Waals surface area contributed by atoms with Crippen LogP contribution in [0, 0.1) is 5.92 Å². The Morgan fingerprint density at radius 3 is 2.65 bits per heavy atom. The van der Waals surface area contributed by atoms with Crippen LogP contribution in [0.15, 0.2) is 0 Å². The second-order valence-electron chi connectivity index (χ2n) is 5.14. The molecule has 2 rings (SSSR count). The van der Waals surface area contributed by atoms with Gasteiger partial charge in [0, 0.05) is 38.2 Å². The Bertz CT molecular complexity index is 228. The van der Waals surface area contributed by atoms with Gasteiger partial charge < -0.3 is 20.3 Å². The van der Waals surface area contributed by atoms with Crippen LogP contribution in [0.4, 0.5) is 0 Å². The molecule has 2 aliphatic heterocycles. The van der Waals surface area contributed by atoms with Gasteiger partial charge in [0.05, 0.1) is 18.8 Å². The monoisotopic (exact) mass is 244 g/mol. The van der Waals surface area contributed by atoms with E-state index in [4.69, 9.17) is 4.74 Å². The molecule has 100 valence electrons. The van der Waals surface area contributed by atoms with E-state index >= 15 is 0 Å². The number of nitrogens with zero attached hydrogens (tertiary/aromatic N) is 1. The number of likely N-dealkylation sites (tertiary alicyclic amines) is 1. The number of aliphatic hydroxyl groups excluding tert-OH is 2. The van der Waals surface area contributed by atoms with E-state index in [1.165, 1.54) is 0 Å². The van der Waals surface area contributed by atoms with E-state index in [9.17, 15) is 10.2 Å². The highest BCUT2D eigenvalue weighted by molar-refractivity contribution is 4.88. The normalized spacial score (nSPS) is 39.7. The first-order valence-electron chi connectivity index (χ1n) is 6.60. The lowest BCUT2D eigenvalue weighted by molar-refractivity contribution is 0.0182. The van der Waals surface area contributed by atoms with Crippen molar-refractivity contribution in [2.45, 2.75) is 31.6 Å². The highest BCUT2D eigenvalue weighted by Gasteiger charge is 2.33. The molecule has 2 saturated heterocycles. The van der Waals surface area contributed by atoms with Gasteiger partial charge in [0.2, 0.25) is 0 Å². The molecule has 3 N–H and O–H groups in total. The molecular formula is C12H24N2O3. The molecule has 17 heavy (non-hydrogen) atoms. The zero-order valence-electron chi connectivity index (χ0n) is 10.5. The SMILES string of the molecule is CCNC1CCOCC1CN1CC(O)C(O)C1. The third-order valence-electron chi connectivity index (χ3n) is 3.77. The summed E-state index contributed by atoms with van der Waals surface area (Å²) in [6, 6.07) is 0.503. The Morgan fingerprint density at radius 2 is 2.00 bits per heavy atom. The Balaban J connectivity index is 1.83. The average Bonchev–Trinajstić information content (AvgIpc) is 2.61. The van der Waals surface area contributed by atoms with Crippen molar-refractivity contribution in [2.24, 2.45) is 5.92 Å². The summed E-state index contributed by atoms with van der Waals surface area (Å²) in [5.41, 5.74) is 0. The number of rotatable bonds is 4. The van der Waals surface area contributed by atoms with Gasteiger partial charge in [-0.3, -0.25) is 4.90 Å². The van der Waals surface area contributed by atoms with E-state index in [0.717, 1.165) is 32.7 Å². The summed E-state index contributed by atoms with van der Waals surface area (Å²) in [6.07, 6.45) is -0.119. The second-order valence-corrected chi connectivity index (χ2v) is 5.14. The van der Waals surface area contributed by atoms with Crippen LogP contribution in [-0.4, -0.2) is 72.8 Å². The van der Waals surface area contributed by atoms with Crippen molar-refractivity contribution in [1.29, 1.82) is 0 Å². The zero-order chi connectivity index (χ0) is 12.3. The zero-order valence-corrected chi connectivity index (χ0v) is 10.5. The first kappa shape index (κ1) is 13.2. The van der Waals surface area contributed by atoms with E-state index < -0.39 is 12.2 Å². The Morgan fingerprint density at radius 1 is 1.29 bits per heavy atom. The number of ether oxygens (including phenoxy) is 1. The molecule has 2 fully saturated rings. The smallest absolute Gasteiger partial charge is 0.0938 e. The molecule has 0 spiro atoms. The Hall–Kier alpha value is -0.200. The van der Waals surface area contributed by atoms with Crippen LogP contribution < -0.4 is 5.32 Å². The van der Waals surface area contributed by atoms with Crippen LogP contribution in [0.25, 0.3) is 0 Å². The highest BCUT2D eigenvalue weighted by Crippen LogP contribution is 2.19. The van der Waals surface area contributed by atoms with Gasteiger partial charge in [-0.2, -0.15) is 0 Å². The lowest BCUT2D eigenvalue weighted by Crippen LogP contribution is -2.47. The molecule has 0 amide bonds. The van der Waals surface area contributed by atoms with Crippen molar-refractivity contribution in [3.05, 3.63) is 0 Å². The fourth-order valence-electron chi connectivity index (χ4n) is 2.84. The topological polar surface area (TPSA) is 65.0 Å². The fourth-order valence-corrected chi connectivity index (χ4v) is 2.84. The third kappa shape index (κ3) is 3.39. The maximum atomic E-state index is 9.53. The first-order valence-corrected chi connectivity index (χ1v) is 6.60. The number of aliphatic hydroxyl groups is 2. The average molecular weight is 244 g/mol. The standard InChI is InChI=1S/C12H24N2O3/c1-2-13-10-3-4-17-8-9(10)5-14-6-11(15)12(16)7-14/h9-13,15-16H,2-8H2,1H3. The summed E-state index contributed by atoms with van der Waals surface area (Å²) >= 11 is 0. The van der Waals surface area contributed by atoms with Crippen molar-refractivity contribution >= 4 is 0 Å². The van der Waals surface area contributed by atoms with Crippen LogP contribution in [-0.2, 0) is 4.74 Å². The second kappa shape index (κ2) is 6.11. The van der Waals surface area contributed by atoms with Gasteiger partial charge >= 0.3 is 0 Å². The van der Waals surface area contributed by atoms with E-state index in [1.807, 2.05) is 0 Å². The predicted molar refractivity (Wildman–Crippen MR) is 64.8 cm³/mol. The van der Waals surface area contributed by atoms with Gasteiger partial charge in [0.15, 0.2) is 0 Å². The number of hydrogen-bond donors (Lipinski definition) is 3. The molecular weight excluding hydrogens is 220 g/mol. The summed E-state index contributed by atoms with van der Waals surface area (Å²) in [4.78, 5) is 2.14. The van der Waals surface area contributed by atoms with Crippen molar-refractivity contribution in [3.63, 3.8) is 0 Å². The summed E-state index contributed by atoms with van der Waals surface area (Å²) in [6.45, 7) is 6.76. The van der Waals surface area contributed by atoms with Crippen LogP contribution in [0.1, 0.15) is 13.3 Å². The lowest BCUT2D eigenvalue weighted by Gasteiger charge is -2.34. The van der Waals surface area contributed by atoms with Crippen LogP contribution in [0.5, 0.6) is 0 Å². The molecule has 4 atom stereocenters. The van der Waals surface area contributed by atoms with Gasteiger partial charge in [0.25, 0.3) is 0 Å². The molecule has 5 heteroatoms. The van der Waals surface area contributed by atoms with Crippen LogP contribution >= 0.6 is 0 Å². The minimum atomic E-state index is -0.586. The lowest BCUT2D eigenvalue weighted by atomic mass is 9.95. The number of hydrogen-bond acceptors (Lipinski definition) is 5. The molecule has 0 bridgehead atoms. The molecule has 0 aromatic rings. The van der Waals surface area contributed by atoms with E-state index in [0.29, 0.717) is 25.0 Å². The van der Waals surface area contributed by atoms with Crippen molar-refractivity contribution in [3.8, 4) is 0 Å². The predicted octanol–water partition coefficient (Wildman–Crippen LogP) is -0.962. The summed E-state index contributed by atoms with van der Waals surface area (Å²) in [5.74, 6) is 0.459. The Labute approximate surface area is 103 Å². The molecule has 0 aromatic heterocycles. The van der Waals surface area contributed by atoms with Crippen LogP contribution in [0.2, 0.25) is 0 Å². The molecule has 5 nitrogen and oxygen atoms in total. The highest BCUT2D eigenvalue weighted by atomic mass is 16.5. The molecule has 2 aliphatic rings. The molecule has 0 aromatic carbocycles. The quantitative estimate of drug-likeness (QED) is 0.594. The van der Waals surface area contributed by atoms with Gasteiger partial charge in [-0.15, -0.1) is 0 Å². The maximum absolute atomic E-state index is 9.53.